The molecule has 0 aromatic heterocycles. The Balaban J connectivity index is 2.03. The van der Waals surface area contributed by atoms with E-state index in [0.717, 1.165) is 13.0 Å². The van der Waals surface area contributed by atoms with Crippen molar-refractivity contribution in [2.24, 2.45) is 10.9 Å². The minimum absolute atomic E-state index is 0.437. The minimum atomic E-state index is 0.437. The molecule has 0 amide bonds. The fourth-order valence-electron chi connectivity index (χ4n) is 2.97. The van der Waals surface area contributed by atoms with E-state index in [9.17, 15) is 0 Å². The lowest BCUT2D eigenvalue weighted by molar-refractivity contribution is 0.986. The van der Waals surface area contributed by atoms with Crippen molar-refractivity contribution in [3.63, 3.8) is 0 Å². The van der Waals surface area contributed by atoms with E-state index in [1.807, 2.05) is 0 Å². The lowest BCUT2D eigenvalue weighted by Crippen LogP contribution is -2.14. The van der Waals surface area contributed by atoms with Crippen molar-refractivity contribution in [1.29, 1.82) is 0 Å². The molecule has 0 spiro atoms. The van der Waals surface area contributed by atoms with Crippen LogP contribution in [0.3, 0.4) is 0 Å². The largest absolute Gasteiger partial charge is 0.280 e. The van der Waals surface area contributed by atoms with Crippen LogP contribution in [0.4, 0.5) is 0 Å². The molecule has 0 fully saturated rings. The van der Waals surface area contributed by atoms with Crippen LogP contribution in [-0.4, -0.2) is 12.3 Å². The molecule has 2 heterocycles. The van der Waals surface area contributed by atoms with Gasteiger partial charge in [-0.15, -0.1) is 0 Å². The van der Waals surface area contributed by atoms with Gasteiger partial charge in [0.15, 0.2) is 0 Å². The van der Waals surface area contributed by atoms with Gasteiger partial charge in [0.1, 0.15) is 0 Å². The maximum absolute atomic E-state index is 4.76. The average molecular weight is 219 g/mol. The standard InChI is InChI=1S/C16H13N/c1-2-7-14-11(5-1)9-12-10-17-16(14)15-8-4-3-6-13(12)15/h1,3-9,11H,2,10H2. The molecule has 2 aliphatic carbocycles. The van der Waals surface area contributed by atoms with Crippen LogP contribution in [0, 0.1) is 5.92 Å². The molecule has 82 valence electrons. The molecule has 1 atom stereocenters. The van der Waals surface area contributed by atoms with Crippen molar-refractivity contribution in [2.45, 2.75) is 6.42 Å². The monoisotopic (exact) mass is 219 g/mol. The second-order valence-electron chi connectivity index (χ2n) is 4.75. The lowest BCUT2D eigenvalue weighted by Gasteiger charge is -2.19. The summed E-state index contributed by atoms with van der Waals surface area (Å²) in [5.41, 5.74) is 6.68. The topological polar surface area (TPSA) is 12.4 Å². The van der Waals surface area contributed by atoms with Gasteiger partial charge >= 0.3 is 0 Å². The summed E-state index contributed by atoms with van der Waals surface area (Å²) in [4.78, 5) is 4.76. The first-order chi connectivity index (χ1) is 8.43. The van der Waals surface area contributed by atoms with Crippen LogP contribution in [0.25, 0.3) is 5.57 Å². The number of rotatable bonds is 0. The van der Waals surface area contributed by atoms with Crippen molar-refractivity contribution in [3.05, 3.63) is 65.3 Å². The first kappa shape index (κ1) is 9.17. The number of nitrogens with zero attached hydrogens (tertiary/aromatic N) is 1. The molecule has 1 aromatic carbocycles. The van der Waals surface area contributed by atoms with Crippen molar-refractivity contribution < 1.29 is 0 Å². The average Bonchev–Trinajstić information content (AvgIpc) is 2.66. The van der Waals surface area contributed by atoms with Crippen molar-refractivity contribution in [1.82, 2.24) is 0 Å². The van der Waals surface area contributed by atoms with Gasteiger partial charge in [-0.3, -0.25) is 4.99 Å². The zero-order chi connectivity index (χ0) is 11.2. The number of hydrogen-bond acceptors (Lipinski definition) is 1. The Labute approximate surface area is 101 Å². The number of hydrogen-bond donors (Lipinski definition) is 0. The van der Waals surface area contributed by atoms with Crippen LogP contribution in [0.2, 0.25) is 0 Å². The SMILES string of the molecule is C1=CC2C=C3CN=C(C2=CC1)c1ccccc13. The summed E-state index contributed by atoms with van der Waals surface area (Å²) in [7, 11) is 0. The van der Waals surface area contributed by atoms with Crippen LogP contribution in [-0.2, 0) is 0 Å². The predicted molar refractivity (Wildman–Crippen MR) is 71.2 cm³/mol. The summed E-state index contributed by atoms with van der Waals surface area (Å²) in [5, 5.41) is 0. The van der Waals surface area contributed by atoms with E-state index >= 15 is 0 Å². The molecule has 0 saturated heterocycles. The van der Waals surface area contributed by atoms with Gasteiger partial charge in [0.05, 0.1) is 12.3 Å². The highest BCUT2D eigenvalue weighted by atomic mass is 14.8. The highest BCUT2D eigenvalue weighted by molar-refractivity contribution is 6.18. The Morgan fingerprint density at radius 1 is 1.12 bits per heavy atom. The number of fused-ring (bicyclic) bond motifs is 1. The Morgan fingerprint density at radius 3 is 2.94 bits per heavy atom. The Bertz CT molecular complexity index is 614. The van der Waals surface area contributed by atoms with Gasteiger partial charge in [-0.2, -0.15) is 0 Å². The van der Waals surface area contributed by atoms with E-state index in [2.05, 4.69) is 48.6 Å². The number of allylic oxidation sites excluding steroid dienone is 5. The van der Waals surface area contributed by atoms with Gasteiger partial charge < -0.3 is 0 Å². The second kappa shape index (κ2) is 3.30. The molecule has 2 bridgehead atoms. The molecular weight excluding hydrogens is 206 g/mol. The van der Waals surface area contributed by atoms with Crippen LogP contribution in [0.5, 0.6) is 0 Å². The van der Waals surface area contributed by atoms with Gasteiger partial charge in [0, 0.05) is 11.5 Å². The van der Waals surface area contributed by atoms with E-state index in [1.54, 1.807) is 0 Å². The molecule has 1 heteroatoms. The molecule has 1 unspecified atom stereocenters. The second-order valence-corrected chi connectivity index (χ2v) is 4.75. The first-order valence-electron chi connectivity index (χ1n) is 6.15. The van der Waals surface area contributed by atoms with Crippen molar-refractivity contribution in [3.8, 4) is 0 Å². The van der Waals surface area contributed by atoms with Gasteiger partial charge in [0.25, 0.3) is 0 Å². The summed E-state index contributed by atoms with van der Waals surface area (Å²) in [5.74, 6) is 0.437. The molecule has 1 aromatic rings. The van der Waals surface area contributed by atoms with E-state index in [-0.39, 0.29) is 0 Å². The van der Waals surface area contributed by atoms with Crippen molar-refractivity contribution in [2.75, 3.05) is 6.54 Å². The van der Waals surface area contributed by atoms with Crippen LogP contribution >= 0.6 is 0 Å². The fourth-order valence-corrected chi connectivity index (χ4v) is 2.97. The molecule has 2 aliphatic heterocycles. The van der Waals surface area contributed by atoms with Gasteiger partial charge in [-0.1, -0.05) is 48.6 Å². The summed E-state index contributed by atoms with van der Waals surface area (Å²) in [6.45, 7) is 0.841. The molecular formula is C16H13N. The minimum Gasteiger partial charge on any atom is -0.280 e. The number of aliphatic imine (C=N–C) groups is 1. The van der Waals surface area contributed by atoms with Crippen LogP contribution in [0.1, 0.15) is 17.5 Å². The lowest BCUT2D eigenvalue weighted by atomic mass is 9.88. The fraction of sp³-hybridized carbons (Fsp3) is 0.188. The molecule has 5 rings (SSSR count). The van der Waals surface area contributed by atoms with Gasteiger partial charge in [-0.05, 0) is 23.1 Å². The summed E-state index contributed by atoms with van der Waals surface area (Å²) < 4.78 is 0. The van der Waals surface area contributed by atoms with E-state index < -0.39 is 0 Å². The molecule has 4 aliphatic rings. The Morgan fingerprint density at radius 2 is 2.00 bits per heavy atom. The summed E-state index contributed by atoms with van der Waals surface area (Å²) in [6, 6.07) is 8.64. The number of benzene rings is 1. The molecule has 0 N–H and O–H groups in total. The molecule has 1 nitrogen and oxygen atoms in total. The quantitative estimate of drug-likeness (QED) is 0.593. The van der Waals surface area contributed by atoms with Gasteiger partial charge in [0.2, 0.25) is 0 Å². The highest BCUT2D eigenvalue weighted by Gasteiger charge is 2.28. The Kier molecular flexibility index (Phi) is 1.78. The maximum Gasteiger partial charge on any atom is 0.0694 e. The third-order valence-electron chi connectivity index (χ3n) is 3.77. The third-order valence-corrected chi connectivity index (χ3v) is 3.77. The van der Waals surface area contributed by atoms with E-state index in [1.165, 1.54) is 28.0 Å². The summed E-state index contributed by atoms with van der Waals surface area (Å²) in [6.07, 6.45) is 10.3. The normalized spacial score (nSPS) is 24.2. The molecule has 17 heavy (non-hydrogen) atoms. The highest BCUT2D eigenvalue weighted by Crippen LogP contribution is 2.37. The van der Waals surface area contributed by atoms with E-state index in [4.69, 9.17) is 4.99 Å². The van der Waals surface area contributed by atoms with Gasteiger partial charge in [-0.25, -0.2) is 0 Å². The smallest absolute Gasteiger partial charge is 0.0694 e. The van der Waals surface area contributed by atoms with Crippen LogP contribution in [0.15, 0.2) is 59.1 Å². The Hall–Kier alpha value is -1.89. The van der Waals surface area contributed by atoms with Crippen molar-refractivity contribution >= 4 is 11.3 Å². The molecule has 0 radical (unpaired) electrons. The first-order valence-corrected chi connectivity index (χ1v) is 6.15. The predicted octanol–water partition coefficient (Wildman–Crippen LogP) is 3.39. The zero-order valence-electron chi connectivity index (χ0n) is 9.56. The maximum atomic E-state index is 4.76. The third kappa shape index (κ3) is 1.22. The van der Waals surface area contributed by atoms with Crippen LogP contribution < -0.4 is 0 Å². The van der Waals surface area contributed by atoms with E-state index in [0.29, 0.717) is 5.92 Å². The summed E-state index contributed by atoms with van der Waals surface area (Å²) >= 11 is 0. The molecule has 0 saturated carbocycles. The zero-order valence-corrected chi connectivity index (χ0v) is 9.56.